The van der Waals surface area contributed by atoms with Crippen molar-refractivity contribution in [1.29, 1.82) is 0 Å². The summed E-state index contributed by atoms with van der Waals surface area (Å²) in [6.07, 6.45) is 3.30. The van der Waals surface area contributed by atoms with Crippen molar-refractivity contribution in [2.45, 2.75) is 24.8 Å². The summed E-state index contributed by atoms with van der Waals surface area (Å²) in [6.45, 7) is 3.88. The van der Waals surface area contributed by atoms with Crippen molar-refractivity contribution in [3.63, 3.8) is 0 Å². The molecule has 9 heteroatoms. The van der Waals surface area contributed by atoms with Crippen LogP contribution < -0.4 is 5.32 Å². The van der Waals surface area contributed by atoms with E-state index in [2.05, 4.69) is 25.6 Å². The van der Waals surface area contributed by atoms with E-state index in [1.165, 1.54) is 28.6 Å². The maximum Gasteiger partial charge on any atom is 0.278 e. The lowest BCUT2D eigenvalue weighted by Gasteiger charge is -2.10. The van der Waals surface area contributed by atoms with Gasteiger partial charge in [0.15, 0.2) is 10.9 Å². The molecule has 0 fully saturated rings. The van der Waals surface area contributed by atoms with Crippen molar-refractivity contribution in [3.05, 3.63) is 89.3 Å². The molecule has 0 atom stereocenters. The number of hydrogen-bond acceptors (Lipinski definition) is 6. The number of anilines is 1. The van der Waals surface area contributed by atoms with Gasteiger partial charge in [0.1, 0.15) is 5.82 Å². The maximum absolute atomic E-state index is 13.4. The average Bonchev–Trinajstić information content (AvgIpc) is 3.20. The second kappa shape index (κ2) is 9.05. The van der Waals surface area contributed by atoms with Crippen LogP contribution >= 0.6 is 11.8 Å². The van der Waals surface area contributed by atoms with Gasteiger partial charge in [-0.15, -0.1) is 5.10 Å². The number of carbonyl (C=O) groups excluding carboxylic acids is 1. The zero-order valence-corrected chi connectivity index (χ0v) is 17.7. The molecule has 2 aromatic heterocycles. The summed E-state index contributed by atoms with van der Waals surface area (Å²) >= 11 is 1.36. The molecule has 0 aliphatic carbocycles. The molecule has 1 amide bonds. The molecule has 0 radical (unpaired) electrons. The number of benzene rings is 2. The third kappa shape index (κ3) is 4.77. The van der Waals surface area contributed by atoms with Gasteiger partial charge in [0.05, 0.1) is 11.4 Å². The standard InChI is InChI=1S/C22H19FN6OS/c1-14-4-5-15(2)18(12-14)26-21(30)20-19(13-31-22-24-10-3-11-25-22)29(28-27-20)17-8-6-16(23)7-9-17/h3-12H,13H2,1-2H3,(H,26,30). The Hall–Kier alpha value is -3.59. The van der Waals surface area contributed by atoms with E-state index in [9.17, 15) is 9.18 Å². The average molecular weight is 435 g/mol. The van der Waals surface area contributed by atoms with Gasteiger partial charge < -0.3 is 5.32 Å². The fourth-order valence-electron chi connectivity index (χ4n) is 2.94. The molecular formula is C22H19FN6OS. The minimum absolute atomic E-state index is 0.189. The van der Waals surface area contributed by atoms with E-state index < -0.39 is 0 Å². The van der Waals surface area contributed by atoms with Gasteiger partial charge in [0, 0.05) is 23.8 Å². The number of halogens is 1. The molecule has 0 spiro atoms. The molecule has 4 rings (SSSR count). The van der Waals surface area contributed by atoms with Crippen LogP contribution in [0.25, 0.3) is 5.69 Å². The minimum Gasteiger partial charge on any atom is -0.320 e. The van der Waals surface area contributed by atoms with E-state index >= 15 is 0 Å². The highest BCUT2D eigenvalue weighted by atomic mass is 32.2. The van der Waals surface area contributed by atoms with Crippen molar-refractivity contribution in [1.82, 2.24) is 25.0 Å². The first-order chi connectivity index (χ1) is 15.0. The lowest BCUT2D eigenvalue weighted by Crippen LogP contribution is -2.16. The monoisotopic (exact) mass is 434 g/mol. The fourth-order valence-corrected chi connectivity index (χ4v) is 3.74. The Labute approximate surface area is 182 Å². The van der Waals surface area contributed by atoms with E-state index in [-0.39, 0.29) is 17.4 Å². The predicted molar refractivity (Wildman–Crippen MR) is 117 cm³/mol. The lowest BCUT2D eigenvalue weighted by atomic mass is 10.1. The molecule has 156 valence electrons. The third-order valence-electron chi connectivity index (χ3n) is 4.57. The number of nitrogens with zero attached hydrogens (tertiary/aromatic N) is 5. The van der Waals surface area contributed by atoms with Gasteiger partial charge in [-0.05, 0) is 61.4 Å². The number of hydrogen-bond donors (Lipinski definition) is 1. The highest BCUT2D eigenvalue weighted by molar-refractivity contribution is 7.98. The van der Waals surface area contributed by atoms with Crippen LogP contribution in [0, 0.1) is 19.7 Å². The van der Waals surface area contributed by atoms with Crippen molar-refractivity contribution in [2.24, 2.45) is 0 Å². The number of amides is 1. The smallest absolute Gasteiger partial charge is 0.278 e. The van der Waals surface area contributed by atoms with Crippen LogP contribution in [0.4, 0.5) is 10.1 Å². The Kier molecular flexibility index (Phi) is 6.03. The molecule has 4 aromatic rings. The summed E-state index contributed by atoms with van der Waals surface area (Å²) in [5.74, 6) is -0.374. The first-order valence-corrected chi connectivity index (χ1v) is 10.5. The first kappa shape index (κ1) is 20.7. The molecule has 31 heavy (non-hydrogen) atoms. The van der Waals surface area contributed by atoms with Crippen LogP contribution in [0.15, 0.2) is 66.1 Å². The fraction of sp³-hybridized carbons (Fsp3) is 0.136. The zero-order chi connectivity index (χ0) is 21.8. The highest BCUT2D eigenvalue weighted by Crippen LogP contribution is 2.24. The summed E-state index contributed by atoms with van der Waals surface area (Å²) in [6, 6.07) is 13.4. The molecular weight excluding hydrogens is 415 g/mol. The van der Waals surface area contributed by atoms with Crippen LogP contribution in [0.3, 0.4) is 0 Å². The molecule has 0 aliphatic rings. The summed E-state index contributed by atoms with van der Waals surface area (Å²) in [5.41, 5.74) is 4.04. The molecule has 0 saturated carbocycles. The zero-order valence-electron chi connectivity index (χ0n) is 16.9. The van der Waals surface area contributed by atoms with E-state index in [0.717, 1.165) is 11.1 Å². The van der Waals surface area contributed by atoms with E-state index in [4.69, 9.17) is 0 Å². The SMILES string of the molecule is Cc1ccc(C)c(NC(=O)c2nnn(-c3ccc(F)cc3)c2CSc2ncccn2)c1. The second-order valence-electron chi connectivity index (χ2n) is 6.87. The molecule has 7 nitrogen and oxygen atoms in total. The predicted octanol–water partition coefficient (Wildman–Crippen LogP) is 4.36. The van der Waals surface area contributed by atoms with Crippen molar-refractivity contribution in [3.8, 4) is 5.69 Å². The van der Waals surface area contributed by atoms with Gasteiger partial charge in [-0.25, -0.2) is 19.0 Å². The molecule has 0 saturated heterocycles. The van der Waals surface area contributed by atoms with Gasteiger partial charge >= 0.3 is 0 Å². The number of aromatic nitrogens is 5. The van der Waals surface area contributed by atoms with E-state index in [1.807, 2.05) is 32.0 Å². The topological polar surface area (TPSA) is 85.6 Å². The Bertz CT molecular complexity index is 1210. The largest absolute Gasteiger partial charge is 0.320 e. The lowest BCUT2D eigenvalue weighted by molar-refractivity contribution is 0.102. The van der Waals surface area contributed by atoms with Gasteiger partial charge in [-0.3, -0.25) is 4.79 Å². The number of thioether (sulfide) groups is 1. The van der Waals surface area contributed by atoms with Gasteiger partial charge in [0.25, 0.3) is 5.91 Å². The molecule has 0 unspecified atom stereocenters. The first-order valence-electron chi connectivity index (χ1n) is 9.50. The third-order valence-corrected chi connectivity index (χ3v) is 5.46. The molecule has 0 aliphatic heterocycles. The summed E-state index contributed by atoms with van der Waals surface area (Å²) in [7, 11) is 0. The minimum atomic E-state index is -0.369. The number of rotatable bonds is 6. The summed E-state index contributed by atoms with van der Waals surface area (Å²) < 4.78 is 14.9. The molecule has 2 aromatic carbocycles. The molecule has 2 heterocycles. The van der Waals surface area contributed by atoms with Gasteiger partial charge in [0.2, 0.25) is 0 Å². The summed E-state index contributed by atoms with van der Waals surface area (Å²) in [5, 5.41) is 11.8. The maximum atomic E-state index is 13.4. The Morgan fingerprint density at radius 2 is 1.84 bits per heavy atom. The van der Waals surface area contributed by atoms with E-state index in [0.29, 0.717) is 28.0 Å². The number of carbonyl (C=O) groups is 1. The highest BCUT2D eigenvalue weighted by Gasteiger charge is 2.22. The van der Waals surface area contributed by atoms with E-state index in [1.54, 1.807) is 30.6 Å². The van der Waals surface area contributed by atoms with Crippen molar-refractivity contribution < 1.29 is 9.18 Å². The second-order valence-corrected chi connectivity index (χ2v) is 7.81. The Morgan fingerprint density at radius 3 is 2.58 bits per heavy atom. The summed E-state index contributed by atoms with van der Waals surface area (Å²) in [4.78, 5) is 21.5. The van der Waals surface area contributed by atoms with Crippen LogP contribution in [0.5, 0.6) is 0 Å². The Balaban J connectivity index is 1.68. The normalized spacial score (nSPS) is 10.8. The Morgan fingerprint density at radius 1 is 1.10 bits per heavy atom. The van der Waals surface area contributed by atoms with Crippen molar-refractivity contribution in [2.75, 3.05) is 5.32 Å². The number of aryl methyl sites for hydroxylation is 2. The quantitative estimate of drug-likeness (QED) is 0.359. The van der Waals surface area contributed by atoms with Gasteiger partial charge in [-0.2, -0.15) is 0 Å². The molecule has 0 bridgehead atoms. The molecule has 1 N–H and O–H groups in total. The number of nitrogens with one attached hydrogen (secondary N) is 1. The van der Waals surface area contributed by atoms with Gasteiger partial charge in [-0.1, -0.05) is 29.1 Å². The van der Waals surface area contributed by atoms with Crippen LogP contribution in [0.1, 0.15) is 27.3 Å². The van der Waals surface area contributed by atoms with Crippen LogP contribution in [-0.2, 0) is 5.75 Å². The van der Waals surface area contributed by atoms with Crippen LogP contribution in [0.2, 0.25) is 0 Å². The van der Waals surface area contributed by atoms with Crippen molar-refractivity contribution >= 4 is 23.4 Å². The van der Waals surface area contributed by atoms with Crippen LogP contribution in [-0.4, -0.2) is 30.9 Å².